The molecular weight excluding hydrogens is 212 g/mol. The predicted octanol–water partition coefficient (Wildman–Crippen LogP) is 1.25. The number of carbonyl (C=O) groups excluding carboxylic acids is 1. The fraction of sp³-hybridized carbons (Fsp3) is 0.900. The van der Waals surface area contributed by atoms with Gasteiger partial charge in [0.15, 0.2) is 0 Å². The van der Waals surface area contributed by atoms with Crippen LogP contribution in [0.25, 0.3) is 0 Å². The number of hydrogen-bond acceptors (Lipinski definition) is 3. The second-order valence-corrected chi connectivity index (χ2v) is 3.36. The van der Waals surface area contributed by atoms with Crippen LogP contribution >= 0.6 is 0 Å². The average molecular weight is 235 g/mol. The Morgan fingerprint density at radius 2 is 1.47 bits per heavy atom. The molecule has 0 atom stereocenters. The number of nitrogens with two attached hydrogens (primary N) is 1. The monoisotopic (exact) mass is 235 g/mol. The van der Waals surface area contributed by atoms with Gasteiger partial charge in [0.25, 0.3) is 0 Å². The molecular formula is C10H23NNa2O2. The molecule has 0 aromatic carbocycles. The normalized spacial score (nSPS) is 8.67. The van der Waals surface area contributed by atoms with Gasteiger partial charge in [-0.05, 0) is 6.42 Å². The van der Waals surface area contributed by atoms with Gasteiger partial charge in [0.1, 0.15) is 0 Å². The molecule has 0 aliphatic rings. The summed E-state index contributed by atoms with van der Waals surface area (Å²) in [5.41, 5.74) is 0. The molecule has 0 unspecified atom stereocenters. The average Bonchev–Trinajstić information content (AvgIpc) is 2.16. The summed E-state index contributed by atoms with van der Waals surface area (Å²) >= 11 is 0. The van der Waals surface area contributed by atoms with Gasteiger partial charge in [0.2, 0.25) is 0 Å². The SMILES string of the molecule is CCCCCCCCCC(=O)ON.[NaH].[NaH]. The van der Waals surface area contributed by atoms with Crippen molar-refractivity contribution in [3.8, 4) is 0 Å². The van der Waals surface area contributed by atoms with Crippen molar-refractivity contribution >= 4 is 65.1 Å². The summed E-state index contributed by atoms with van der Waals surface area (Å²) in [6, 6.07) is 0. The maximum atomic E-state index is 10.6. The first-order valence-corrected chi connectivity index (χ1v) is 5.20. The Kier molecular flexibility index (Phi) is 25.8. The summed E-state index contributed by atoms with van der Waals surface area (Å²) in [7, 11) is 0. The van der Waals surface area contributed by atoms with Gasteiger partial charge in [-0.15, -0.1) is 0 Å². The minimum atomic E-state index is -0.298. The van der Waals surface area contributed by atoms with Crippen molar-refractivity contribution < 1.29 is 9.63 Å². The molecule has 0 rings (SSSR count). The van der Waals surface area contributed by atoms with E-state index in [1.807, 2.05) is 0 Å². The van der Waals surface area contributed by atoms with E-state index in [0.717, 1.165) is 12.8 Å². The summed E-state index contributed by atoms with van der Waals surface area (Å²) in [5, 5.41) is 0. The molecule has 15 heavy (non-hydrogen) atoms. The van der Waals surface area contributed by atoms with E-state index in [1.54, 1.807) is 0 Å². The third-order valence-corrected chi connectivity index (χ3v) is 2.12. The fourth-order valence-electron chi connectivity index (χ4n) is 1.29. The molecule has 0 saturated carbocycles. The molecule has 0 aliphatic heterocycles. The van der Waals surface area contributed by atoms with E-state index < -0.39 is 0 Å². The van der Waals surface area contributed by atoms with Gasteiger partial charge in [0, 0.05) is 6.42 Å². The van der Waals surface area contributed by atoms with Crippen LogP contribution in [0.1, 0.15) is 58.3 Å². The summed E-state index contributed by atoms with van der Waals surface area (Å²) in [5.74, 6) is 4.41. The van der Waals surface area contributed by atoms with E-state index in [2.05, 4.69) is 11.8 Å². The van der Waals surface area contributed by atoms with Crippen LogP contribution in [0.15, 0.2) is 0 Å². The molecule has 0 bridgehead atoms. The van der Waals surface area contributed by atoms with E-state index in [1.165, 1.54) is 32.1 Å². The zero-order valence-corrected chi connectivity index (χ0v) is 8.55. The number of carbonyl (C=O) groups is 1. The van der Waals surface area contributed by atoms with Crippen LogP contribution in [0, 0.1) is 0 Å². The van der Waals surface area contributed by atoms with Crippen molar-refractivity contribution in [1.82, 2.24) is 0 Å². The Balaban J connectivity index is -0.000000720. The van der Waals surface area contributed by atoms with Crippen LogP contribution in [0.2, 0.25) is 0 Å². The van der Waals surface area contributed by atoms with Gasteiger partial charge in [0.05, 0.1) is 0 Å². The van der Waals surface area contributed by atoms with Gasteiger partial charge in [-0.25, -0.2) is 0 Å². The molecule has 5 heteroatoms. The Morgan fingerprint density at radius 3 is 1.93 bits per heavy atom. The van der Waals surface area contributed by atoms with Crippen molar-refractivity contribution in [2.45, 2.75) is 58.3 Å². The van der Waals surface area contributed by atoms with Gasteiger partial charge in [-0.2, -0.15) is 5.90 Å². The van der Waals surface area contributed by atoms with Crippen LogP contribution in [-0.4, -0.2) is 65.1 Å². The zero-order valence-electron chi connectivity index (χ0n) is 8.55. The van der Waals surface area contributed by atoms with E-state index in [0.29, 0.717) is 6.42 Å². The summed E-state index contributed by atoms with van der Waals surface area (Å²) < 4.78 is 0. The molecule has 0 radical (unpaired) electrons. The third-order valence-electron chi connectivity index (χ3n) is 2.12. The van der Waals surface area contributed by atoms with Crippen LogP contribution < -0.4 is 5.90 Å². The Bertz CT molecular complexity index is 135. The van der Waals surface area contributed by atoms with E-state index in [4.69, 9.17) is 5.90 Å². The van der Waals surface area contributed by atoms with Crippen LogP contribution in [0.3, 0.4) is 0 Å². The summed E-state index contributed by atoms with van der Waals surface area (Å²) in [6.45, 7) is 2.21. The topological polar surface area (TPSA) is 52.3 Å². The van der Waals surface area contributed by atoms with E-state index in [-0.39, 0.29) is 65.1 Å². The molecule has 0 aromatic rings. The first-order chi connectivity index (χ1) is 6.31. The second kappa shape index (κ2) is 17.8. The molecule has 0 saturated heterocycles. The second-order valence-electron chi connectivity index (χ2n) is 3.36. The molecule has 2 N–H and O–H groups in total. The van der Waals surface area contributed by atoms with E-state index in [9.17, 15) is 4.79 Å². The third kappa shape index (κ3) is 18.0. The van der Waals surface area contributed by atoms with Crippen molar-refractivity contribution in [2.75, 3.05) is 0 Å². The molecule has 3 nitrogen and oxygen atoms in total. The van der Waals surface area contributed by atoms with Crippen molar-refractivity contribution in [1.29, 1.82) is 0 Å². The zero-order chi connectivity index (χ0) is 9.94. The Labute approximate surface area is 137 Å². The number of rotatable bonds is 8. The van der Waals surface area contributed by atoms with Crippen molar-refractivity contribution in [3.63, 3.8) is 0 Å². The van der Waals surface area contributed by atoms with E-state index >= 15 is 0 Å². The van der Waals surface area contributed by atoms with Crippen LogP contribution in [0.5, 0.6) is 0 Å². The molecule has 0 aromatic heterocycles. The number of hydrogen-bond donors (Lipinski definition) is 1. The quantitative estimate of drug-likeness (QED) is 0.391. The first kappa shape index (κ1) is 21.7. The summed E-state index contributed by atoms with van der Waals surface area (Å²) in [4.78, 5) is 14.7. The summed E-state index contributed by atoms with van der Waals surface area (Å²) in [6.07, 6.45) is 8.90. The van der Waals surface area contributed by atoms with Gasteiger partial charge < -0.3 is 4.84 Å². The van der Waals surface area contributed by atoms with Gasteiger partial charge in [-0.1, -0.05) is 45.4 Å². The van der Waals surface area contributed by atoms with Crippen molar-refractivity contribution in [2.24, 2.45) is 5.90 Å². The van der Waals surface area contributed by atoms with Gasteiger partial charge >= 0.3 is 65.1 Å². The molecule has 0 spiro atoms. The fourth-order valence-corrected chi connectivity index (χ4v) is 1.29. The number of unbranched alkanes of at least 4 members (excludes halogenated alkanes) is 6. The minimum absolute atomic E-state index is 0. The Hall–Kier alpha value is 1.43. The van der Waals surface area contributed by atoms with Crippen LogP contribution in [-0.2, 0) is 9.63 Å². The first-order valence-electron chi connectivity index (χ1n) is 5.20. The molecule has 0 aliphatic carbocycles. The molecule has 0 fully saturated rings. The maximum absolute atomic E-state index is 10.6. The van der Waals surface area contributed by atoms with Crippen LogP contribution in [0.4, 0.5) is 0 Å². The molecule has 0 amide bonds. The Morgan fingerprint density at radius 1 is 1.00 bits per heavy atom. The predicted molar refractivity (Wildman–Crippen MR) is 67.2 cm³/mol. The van der Waals surface area contributed by atoms with Crippen molar-refractivity contribution in [3.05, 3.63) is 0 Å². The molecule has 82 valence electrons. The standard InChI is InChI=1S/C10H21NO2.2Na.2H/c1-2-3-4-5-6-7-8-9-10(12)13-11;;;;/h2-9,11H2,1H3;;;;. The molecule has 0 heterocycles. The van der Waals surface area contributed by atoms with Gasteiger partial charge in [-0.3, -0.25) is 4.79 Å².